The number of non-ortho nitro benzene ring substituents is 1. The first-order valence-corrected chi connectivity index (χ1v) is 7.58. The SMILES string of the molecule is O=C(/C=N\OCC(=O)Nc1ccc(Cl)cc1)Nc1cccc([N+](=O)[O-])c1. The highest BCUT2D eigenvalue weighted by Crippen LogP contribution is 2.16. The Morgan fingerprint density at radius 1 is 1.15 bits per heavy atom. The summed E-state index contributed by atoms with van der Waals surface area (Å²) in [4.78, 5) is 38.1. The molecule has 0 fully saturated rings. The molecule has 0 aliphatic carbocycles. The lowest BCUT2D eigenvalue weighted by Gasteiger charge is -2.04. The van der Waals surface area contributed by atoms with Gasteiger partial charge in [-0.2, -0.15) is 0 Å². The second-order valence-corrected chi connectivity index (χ2v) is 5.30. The largest absolute Gasteiger partial charge is 0.385 e. The highest BCUT2D eigenvalue weighted by Gasteiger charge is 2.07. The molecule has 134 valence electrons. The molecule has 2 aromatic carbocycles. The van der Waals surface area contributed by atoms with E-state index >= 15 is 0 Å². The fraction of sp³-hybridized carbons (Fsp3) is 0.0625. The molecule has 0 bridgehead atoms. The normalized spacial score (nSPS) is 10.3. The second kappa shape index (κ2) is 9.14. The van der Waals surface area contributed by atoms with E-state index in [4.69, 9.17) is 16.4 Å². The Morgan fingerprint density at radius 3 is 2.58 bits per heavy atom. The van der Waals surface area contributed by atoms with Crippen molar-refractivity contribution in [3.8, 4) is 0 Å². The van der Waals surface area contributed by atoms with Crippen molar-refractivity contribution in [1.29, 1.82) is 0 Å². The summed E-state index contributed by atoms with van der Waals surface area (Å²) in [5, 5.41) is 19.5. The Bertz CT molecular complexity index is 839. The summed E-state index contributed by atoms with van der Waals surface area (Å²) >= 11 is 5.73. The van der Waals surface area contributed by atoms with E-state index in [1.165, 1.54) is 24.3 Å². The number of hydrogen-bond acceptors (Lipinski definition) is 6. The third-order valence-corrected chi connectivity index (χ3v) is 3.14. The predicted molar refractivity (Wildman–Crippen MR) is 96.3 cm³/mol. The minimum Gasteiger partial charge on any atom is -0.385 e. The zero-order valence-electron chi connectivity index (χ0n) is 13.2. The molecular weight excluding hydrogens is 364 g/mol. The van der Waals surface area contributed by atoms with E-state index in [1.54, 1.807) is 24.3 Å². The van der Waals surface area contributed by atoms with Gasteiger partial charge in [-0.1, -0.05) is 22.8 Å². The van der Waals surface area contributed by atoms with Crippen LogP contribution < -0.4 is 10.6 Å². The van der Waals surface area contributed by atoms with Crippen molar-refractivity contribution in [3.63, 3.8) is 0 Å². The zero-order valence-corrected chi connectivity index (χ0v) is 14.0. The highest BCUT2D eigenvalue weighted by molar-refractivity contribution is 6.31. The molecule has 0 saturated carbocycles. The van der Waals surface area contributed by atoms with Crippen molar-refractivity contribution in [3.05, 3.63) is 63.7 Å². The molecule has 0 atom stereocenters. The first-order valence-electron chi connectivity index (χ1n) is 7.20. The quantitative estimate of drug-likeness (QED) is 0.437. The van der Waals surface area contributed by atoms with Gasteiger partial charge in [-0.25, -0.2) is 0 Å². The fourth-order valence-electron chi connectivity index (χ4n) is 1.78. The van der Waals surface area contributed by atoms with Crippen LogP contribution in [0.4, 0.5) is 17.1 Å². The maximum absolute atomic E-state index is 11.6. The summed E-state index contributed by atoms with van der Waals surface area (Å²) < 4.78 is 0. The van der Waals surface area contributed by atoms with Gasteiger partial charge >= 0.3 is 0 Å². The van der Waals surface area contributed by atoms with E-state index in [0.29, 0.717) is 10.7 Å². The van der Waals surface area contributed by atoms with Gasteiger partial charge in [0, 0.05) is 28.5 Å². The van der Waals surface area contributed by atoms with Crippen LogP contribution in [0.1, 0.15) is 0 Å². The summed E-state index contributed by atoms with van der Waals surface area (Å²) in [6.45, 7) is -0.400. The lowest BCUT2D eigenvalue weighted by atomic mass is 10.3. The Labute approximate surface area is 152 Å². The third-order valence-electron chi connectivity index (χ3n) is 2.89. The molecule has 0 heterocycles. The van der Waals surface area contributed by atoms with E-state index in [2.05, 4.69) is 15.8 Å². The van der Waals surface area contributed by atoms with Gasteiger partial charge in [0.25, 0.3) is 17.5 Å². The third kappa shape index (κ3) is 6.21. The van der Waals surface area contributed by atoms with Crippen LogP contribution in [-0.2, 0) is 14.4 Å². The van der Waals surface area contributed by atoms with Gasteiger partial charge < -0.3 is 15.5 Å². The molecule has 0 aliphatic rings. The molecule has 2 rings (SSSR count). The number of hydrogen-bond donors (Lipinski definition) is 2. The Hall–Kier alpha value is -3.46. The number of carbonyl (C=O) groups excluding carboxylic acids is 2. The van der Waals surface area contributed by atoms with E-state index in [0.717, 1.165) is 6.21 Å². The van der Waals surface area contributed by atoms with Crippen LogP contribution in [0.25, 0.3) is 0 Å². The smallest absolute Gasteiger partial charge is 0.271 e. The predicted octanol–water partition coefficient (Wildman–Crippen LogP) is 2.83. The molecule has 0 aromatic heterocycles. The Morgan fingerprint density at radius 2 is 1.88 bits per heavy atom. The van der Waals surface area contributed by atoms with Crippen molar-refractivity contribution < 1.29 is 19.3 Å². The number of halogens is 1. The van der Waals surface area contributed by atoms with Crippen molar-refractivity contribution in [2.75, 3.05) is 17.2 Å². The van der Waals surface area contributed by atoms with Gasteiger partial charge in [0.1, 0.15) is 6.21 Å². The summed E-state index contributed by atoms with van der Waals surface area (Å²) in [5.41, 5.74) is 0.612. The van der Waals surface area contributed by atoms with Gasteiger partial charge in [0.2, 0.25) is 0 Å². The number of amides is 2. The monoisotopic (exact) mass is 376 g/mol. The van der Waals surface area contributed by atoms with Crippen LogP contribution in [-0.4, -0.2) is 29.6 Å². The van der Waals surface area contributed by atoms with E-state index < -0.39 is 23.3 Å². The summed E-state index contributed by atoms with van der Waals surface area (Å²) in [6, 6.07) is 11.9. The molecular formula is C16H13ClN4O5. The van der Waals surface area contributed by atoms with Crippen LogP contribution in [0.2, 0.25) is 5.02 Å². The number of nitro groups is 1. The van der Waals surface area contributed by atoms with Crippen LogP contribution in [0.5, 0.6) is 0 Å². The lowest BCUT2D eigenvalue weighted by molar-refractivity contribution is -0.384. The maximum Gasteiger partial charge on any atom is 0.271 e. The van der Waals surface area contributed by atoms with Gasteiger partial charge in [-0.15, -0.1) is 0 Å². The van der Waals surface area contributed by atoms with Crippen molar-refractivity contribution >= 4 is 46.7 Å². The summed E-state index contributed by atoms with van der Waals surface area (Å²) in [7, 11) is 0. The highest BCUT2D eigenvalue weighted by atomic mass is 35.5. The lowest BCUT2D eigenvalue weighted by Crippen LogP contribution is -2.18. The number of nitrogens with zero attached hydrogens (tertiary/aromatic N) is 2. The number of benzene rings is 2. The molecule has 9 nitrogen and oxygen atoms in total. The molecule has 0 spiro atoms. The van der Waals surface area contributed by atoms with Crippen LogP contribution in [0.15, 0.2) is 53.7 Å². The van der Waals surface area contributed by atoms with Crippen LogP contribution in [0, 0.1) is 10.1 Å². The number of nitrogens with one attached hydrogen (secondary N) is 2. The minimum absolute atomic E-state index is 0.158. The second-order valence-electron chi connectivity index (χ2n) is 4.86. The van der Waals surface area contributed by atoms with Gasteiger partial charge in [0.15, 0.2) is 6.61 Å². The van der Waals surface area contributed by atoms with E-state index in [1.807, 2.05) is 0 Å². The average Bonchev–Trinajstić information content (AvgIpc) is 2.61. The molecule has 0 radical (unpaired) electrons. The topological polar surface area (TPSA) is 123 Å². The first-order chi connectivity index (χ1) is 12.4. The van der Waals surface area contributed by atoms with Gasteiger partial charge in [-0.05, 0) is 30.3 Å². The zero-order chi connectivity index (χ0) is 18.9. The Balaban J connectivity index is 1.76. The van der Waals surface area contributed by atoms with Gasteiger partial charge in [0.05, 0.1) is 4.92 Å². The molecule has 0 aliphatic heterocycles. The summed E-state index contributed by atoms with van der Waals surface area (Å²) in [5.74, 6) is -1.13. The first kappa shape index (κ1) is 18.9. The number of carbonyl (C=O) groups is 2. The summed E-state index contributed by atoms with van der Waals surface area (Å²) in [6.07, 6.45) is 0.814. The van der Waals surface area contributed by atoms with Gasteiger partial charge in [-0.3, -0.25) is 19.7 Å². The number of oxime groups is 1. The van der Waals surface area contributed by atoms with Crippen molar-refractivity contribution in [1.82, 2.24) is 0 Å². The molecule has 26 heavy (non-hydrogen) atoms. The maximum atomic E-state index is 11.6. The van der Waals surface area contributed by atoms with E-state index in [-0.39, 0.29) is 11.4 Å². The van der Waals surface area contributed by atoms with Crippen LogP contribution in [0.3, 0.4) is 0 Å². The molecule has 0 unspecified atom stereocenters. The number of anilines is 2. The van der Waals surface area contributed by atoms with E-state index in [9.17, 15) is 19.7 Å². The molecule has 2 aromatic rings. The molecule has 10 heteroatoms. The molecule has 0 saturated heterocycles. The standard InChI is InChI=1S/C16H13ClN4O5/c17-11-4-6-12(7-5-11)19-16(23)10-26-18-9-15(22)20-13-2-1-3-14(8-13)21(24)25/h1-9H,10H2,(H,19,23)(H,20,22)/b18-9-. The minimum atomic E-state index is -0.663. The fourth-order valence-corrected chi connectivity index (χ4v) is 1.91. The average molecular weight is 377 g/mol. The molecule has 2 N–H and O–H groups in total. The van der Waals surface area contributed by atoms with Crippen LogP contribution >= 0.6 is 11.6 Å². The van der Waals surface area contributed by atoms with Crippen molar-refractivity contribution in [2.45, 2.75) is 0 Å². The number of nitro benzene ring substituents is 1. The van der Waals surface area contributed by atoms with Crippen molar-refractivity contribution in [2.24, 2.45) is 5.16 Å². The molecule has 2 amide bonds. The Kier molecular flexibility index (Phi) is 6.63. The number of rotatable bonds is 7.